The molecule has 2 rings (SSSR count). The number of thiophene rings is 1. The van der Waals surface area contributed by atoms with Crippen LogP contribution in [0.25, 0.3) is 0 Å². The van der Waals surface area contributed by atoms with Crippen molar-refractivity contribution in [3.05, 3.63) is 57.5 Å². The number of benzene rings is 1. The Bertz CT molecular complexity index is 552. The van der Waals surface area contributed by atoms with Crippen LogP contribution in [0.5, 0.6) is 0 Å². The van der Waals surface area contributed by atoms with Gasteiger partial charge in [-0.15, -0.1) is 11.3 Å². The first kappa shape index (κ1) is 16.1. The highest BCUT2D eigenvalue weighted by Gasteiger charge is 2.12. The second-order valence-electron chi connectivity index (χ2n) is 5.37. The molecule has 0 saturated carbocycles. The zero-order valence-electron chi connectivity index (χ0n) is 12.6. The van der Waals surface area contributed by atoms with Gasteiger partial charge in [-0.2, -0.15) is 0 Å². The van der Waals surface area contributed by atoms with Gasteiger partial charge in [0.05, 0.1) is 6.10 Å². The third kappa shape index (κ3) is 5.23. The van der Waals surface area contributed by atoms with E-state index >= 15 is 0 Å². The molecule has 1 unspecified atom stereocenters. The van der Waals surface area contributed by atoms with Crippen molar-refractivity contribution in [3.8, 4) is 0 Å². The molecule has 0 aliphatic carbocycles. The van der Waals surface area contributed by atoms with E-state index in [0.29, 0.717) is 13.1 Å². The fourth-order valence-corrected chi connectivity index (χ4v) is 3.18. The minimum Gasteiger partial charge on any atom is -0.392 e. The highest BCUT2D eigenvalue weighted by atomic mass is 32.1. The van der Waals surface area contributed by atoms with E-state index in [1.807, 2.05) is 6.92 Å². The van der Waals surface area contributed by atoms with Crippen molar-refractivity contribution in [1.82, 2.24) is 4.90 Å². The molecule has 0 amide bonds. The van der Waals surface area contributed by atoms with Gasteiger partial charge in [-0.25, -0.2) is 4.39 Å². The fraction of sp³-hybridized carbons (Fsp3) is 0.412. The van der Waals surface area contributed by atoms with Crippen molar-refractivity contribution in [2.45, 2.75) is 39.5 Å². The summed E-state index contributed by atoms with van der Waals surface area (Å²) >= 11 is 1.78. The number of aliphatic hydroxyl groups is 1. The summed E-state index contributed by atoms with van der Waals surface area (Å²) in [6, 6.07) is 10.8. The zero-order valence-corrected chi connectivity index (χ0v) is 13.4. The Morgan fingerprint density at radius 1 is 1.14 bits per heavy atom. The zero-order chi connectivity index (χ0) is 15.2. The first-order chi connectivity index (χ1) is 10.1. The van der Waals surface area contributed by atoms with Crippen LogP contribution in [0.2, 0.25) is 0 Å². The van der Waals surface area contributed by atoms with Crippen molar-refractivity contribution >= 4 is 11.3 Å². The van der Waals surface area contributed by atoms with Gasteiger partial charge in [-0.1, -0.05) is 19.1 Å². The standard InChI is InChI=1S/C17H22FNOS/c1-3-16(20)11-19(12-17-9-4-13(2)21-17)10-14-5-7-15(18)8-6-14/h4-9,16,20H,3,10-12H2,1-2H3. The summed E-state index contributed by atoms with van der Waals surface area (Å²) in [4.78, 5) is 4.80. The molecule has 0 bridgehead atoms. The molecular weight excluding hydrogens is 285 g/mol. The second kappa shape index (κ2) is 7.69. The van der Waals surface area contributed by atoms with Gasteiger partial charge in [0.15, 0.2) is 0 Å². The van der Waals surface area contributed by atoms with Gasteiger partial charge in [-0.3, -0.25) is 4.90 Å². The second-order valence-corrected chi connectivity index (χ2v) is 6.74. The van der Waals surface area contributed by atoms with E-state index in [4.69, 9.17) is 0 Å². The lowest BCUT2D eigenvalue weighted by atomic mass is 10.2. The maximum Gasteiger partial charge on any atom is 0.123 e. The molecule has 114 valence electrons. The number of aryl methyl sites for hydroxylation is 1. The number of hydrogen-bond donors (Lipinski definition) is 1. The molecule has 0 saturated heterocycles. The Balaban J connectivity index is 2.05. The van der Waals surface area contributed by atoms with Crippen LogP contribution in [0.3, 0.4) is 0 Å². The van der Waals surface area contributed by atoms with Crippen LogP contribution < -0.4 is 0 Å². The van der Waals surface area contributed by atoms with Gasteiger partial charge in [0.1, 0.15) is 5.82 Å². The van der Waals surface area contributed by atoms with Crippen LogP contribution in [0.15, 0.2) is 36.4 Å². The first-order valence-corrected chi connectivity index (χ1v) is 8.08. The van der Waals surface area contributed by atoms with Gasteiger partial charge in [0.25, 0.3) is 0 Å². The Hall–Kier alpha value is -1.23. The van der Waals surface area contributed by atoms with E-state index in [2.05, 4.69) is 24.0 Å². The Labute approximate surface area is 129 Å². The van der Waals surface area contributed by atoms with E-state index in [1.54, 1.807) is 23.5 Å². The van der Waals surface area contributed by atoms with Gasteiger partial charge in [-0.05, 0) is 43.2 Å². The Morgan fingerprint density at radius 3 is 2.43 bits per heavy atom. The van der Waals surface area contributed by atoms with E-state index in [0.717, 1.165) is 18.5 Å². The normalized spacial score (nSPS) is 12.8. The molecule has 21 heavy (non-hydrogen) atoms. The number of aliphatic hydroxyl groups excluding tert-OH is 1. The number of halogens is 1. The smallest absolute Gasteiger partial charge is 0.123 e. The van der Waals surface area contributed by atoms with Crippen LogP contribution in [-0.4, -0.2) is 22.7 Å². The summed E-state index contributed by atoms with van der Waals surface area (Å²) in [5, 5.41) is 9.94. The van der Waals surface area contributed by atoms with Crippen LogP contribution in [0.1, 0.15) is 28.7 Å². The molecule has 1 aromatic carbocycles. The van der Waals surface area contributed by atoms with Crippen LogP contribution in [-0.2, 0) is 13.1 Å². The Morgan fingerprint density at radius 2 is 1.86 bits per heavy atom. The quantitative estimate of drug-likeness (QED) is 0.836. The maximum atomic E-state index is 13.0. The van der Waals surface area contributed by atoms with Gasteiger partial charge >= 0.3 is 0 Å². The molecule has 1 aromatic heterocycles. The van der Waals surface area contributed by atoms with Crippen molar-refractivity contribution in [2.75, 3.05) is 6.54 Å². The van der Waals surface area contributed by atoms with E-state index in [9.17, 15) is 9.50 Å². The summed E-state index contributed by atoms with van der Waals surface area (Å²) in [5.74, 6) is -0.215. The molecule has 0 fully saturated rings. The summed E-state index contributed by atoms with van der Waals surface area (Å²) < 4.78 is 13.0. The van der Waals surface area contributed by atoms with Crippen LogP contribution in [0, 0.1) is 12.7 Å². The lowest BCUT2D eigenvalue weighted by Gasteiger charge is -2.24. The molecule has 1 heterocycles. The minimum absolute atomic E-state index is 0.215. The SMILES string of the molecule is CCC(O)CN(Cc1ccc(F)cc1)Cc1ccc(C)s1. The van der Waals surface area contributed by atoms with Gasteiger partial charge in [0, 0.05) is 29.4 Å². The molecule has 0 aliphatic heterocycles. The molecule has 0 radical (unpaired) electrons. The average molecular weight is 307 g/mol. The van der Waals surface area contributed by atoms with Crippen LogP contribution in [0.4, 0.5) is 4.39 Å². The minimum atomic E-state index is -0.327. The highest BCUT2D eigenvalue weighted by Crippen LogP contribution is 2.19. The van der Waals surface area contributed by atoms with Crippen LogP contribution >= 0.6 is 11.3 Å². The average Bonchev–Trinajstić information content (AvgIpc) is 2.86. The predicted octanol–water partition coefficient (Wildman–Crippen LogP) is 3.97. The number of nitrogens with zero attached hydrogens (tertiary/aromatic N) is 1. The molecule has 0 spiro atoms. The summed E-state index contributed by atoms with van der Waals surface area (Å²) in [6.45, 7) is 6.24. The molecule has 4 heteroatoms. The Kier molecular flexibility index (Phi) is 5.91. The molecule has 0 aliphatic rings. The summed E-state index contributed by atoms with van der Waals surface area (Å²) in [7, 11) is 0. The molecule has 2 nitrogen and oxygen atoms in total. The maximum absolute atomic E-state index is 13.0. The van der Waals surface area contributed by atoms with Gasteiger partial charge in [0.2, 0.25) is 0 Å². The topological polar surface area (TPSA) is 23.5 Å². The molecule has 1 N–H and O–H groups in total. The molecule has 1 atom stereocenters. The molecular formula is C17H22FNOS. The number of rotatable bonds is 7. The monoisotopic (exact) mass is 307 g/mol. The third-order valence-electron chi connectivity index (χ3n) is 3.44. The van der Waals surface area contributed by atoms with Crippen molar-refractivity contribution < 1.29 is 9.50 Å². The number of hydrogen-bond acceptors (Lipinski definition) is 3. The first-order valence-electron chi connectivity index (χ1n) is 7.27. The lowest BCUT2D eigenvalue weighted by Crippen LogP contribution is -2.31. The largest absolute Gasteiger partial charge is 0.392 e. The van der Waals surface area contributed by atoms with E-state index in [1.165, 1.54) is 21.9 Å². The van der Waals surface area contributed by atoms with Gasteiger partial charge < -0.3 is 5.11 Å². The highest BCUT2D eigenvalue weighted by molar-refractivity contribution is 7.11. The lowest BCUT2D eigenvalue weighted by molar-refractivity contribution is 0.102. The molecule has 2 aromatic rings. The fourth-order valence-electron chi connectivity index (χ4n) is 2.25. The third-order valence-corrected chi connectivity index (χ3v) is 4.42. The van der Waals surface area contributed by atoms with Crippen molar-refractivity contribution in [3.63, 3.8) is 0 Å². The van der Waals surface area contributed by atoms with E-state index in [-0.39, 0.29) is 11.9 Å². The van der Waals surface area contributed by atoms with Crippen molar-refractivity contribution in [2.24, 2.45) is 0 Å². The summed E-state index contributed by atoms with van der Waals surface area (Å²) in [6.07, 6.45) is 0.412. The predicted molar refractivity (Wildman–Crippen MR) is 85.9 cm³/mol. The van der Waals surface area contributed by atoms with Crippen molar-refractivity contribution in [1.29, 1.82) is 0 Å². The summed E-state index contributed by atoms with van der Waals surface area (Å²) in [5.41, 5.74) is 1.06. The van der Waals surface area contributed by atoms with E-state index < -0.39 is 0 Å².